The molecule has 5 aromatic rings. The van der Waals surface area contributed by atoms with Gasteiger partial charge in [0.25, 0.3) is 5.91 Å². The first-order chi connectivity index (χ1) is 14.7. The molecule has 1 N–H and O–H groups in total. The van der Waals surface area contributed by atoms with Crippen molar-refractivity contribution in [2.75, 3.05) is 0 Å². The van der Waals surface area contributed by atoms with E-state index in [9.17, 15) is 4.79 Å². The van der Waals surface area contributed by atoms with Gasteiger partial charge in [-0.25, -0.2) is 0 Å². The second-order valence-electron chi connectivity index (χ2n) is 6.98. The number of amides is 1. The summed E-state index contributed by atoms with van der Waals surface area (Å²) in [5.74, 6) is 0.789. The second-order valence-corrected chi connectivity index (χ2v) is 7.93. The normalized spacial score (nSPS) is 11.2. The van der Waals surface area contributed by atoms with Gasteiger partial charge in [-0.3, -0.25) is 4.79 Å². The SMILES string of the molecule is CCc1nnc2sc(-c3ccc(CNC(=O)c4cccc5ccccc45)cc3)nn12. The summed E-state index contributed by atoms with van der Waals surface area (Å²) in [5, 5.41) is 18.9. The molecule has 3 aromatic carbocycles. The zero-order chi connectivity index (χ0) is 20.5. The van der Waals surface area contributed by atoms with E-state index in [2.05, 4.69) is 20.6 Å². The minimum Gasteiger partial charge on any atom is -0.348 e. The molecule has 0 radical (unpaired) electrons. The number of aromatic nitrogens is 4. The third-order valence-electron chi connectivity index (χ3n) is 5.06. The summed E-state index contributed by atoms with van der Waals surface area (Å²) in [6.45, 7) is 2.50. The van der Waals surface area contributed by atoms with E-state index in [1.54, 1.807) is 4.52 Å². The highest BCUT2D eigenvalue weighted by Crippen LogP contribution is 2.26. The van der Waals surface area contributed by atoms with E-state index in [1.807, 2.05) is 73.7 Å². The lowest BCUT2D eigenvalue weighted by Crippen LogP contribution is -2.22. The molecule has 0 aliphatic carbocycles. The van der Waals surface area contributed by atoms with Crippen LogP contribution >= 0.6 is 11.3 Å². The molecule has 1 amide bonds. The van der Waals surface area contributed by atoms with Gasteiger partial charge in [0, 0.05) is 24.1 Å². The fourth-order valence-electron chi connectivity index (χ4n) is 3.46. The molecule has 5 rings (SSSR count). The standard InChI is InChI=1S/C23H19N5OS/c1-2-20-25-26-23-28(20)27-22(30-23)17-12-10-15(11-13-17)14-24-21(29)19-9-5-7-16-6-3-4-8-18(16)19/h3-13H,2,14H2,1H3,(H,24,29). The lowest BCUT2D eigenvalue weighted by atomic mass is 10.0. The van der Waals surface area contributed by atoms with Crippen molar-refractivity contribution in [3.63, 3.8) is 0 Å². The molecular formula is C23H19N5OS. The predicted molar refractivity (Wildman–Crippen MR) is 119 cm³/mol. The van der Waals surface area contributed by atoms with Crippen LogP contribution in [0.15, 0.2) is 66.7 Å². The number of hydrogen-bond donors (Lipinski definition) is 1. The fourth-order valence-corrected chi connectivity index (χ4v) is 4.32. The average Bonchev–Trinajstić information content (AvgIpc) is 3.38. The Balaban J connectivity index is 1.31. The summed E-state index contributed by atoms with van der Waals surface area (Å²) >= 11 is 1.52. The number of rotatable bonds is 5. The van der Waals surface area contributed by atoms with Gasteiger partial charge in [0.15, 0.2) is 5.82 Å². The van der Waals surface area contributed by atoms with Gasteiger partial charge in [-0.15, -0.1) is 10.2 Å². The lowest BCUT2D eigenvalue weighted by Gasteiger charge is -2.08. The number of benzene rings is 3. The zero-order valence-electron chi connectivity index (χ0n) is 16.4. The maximum Gasteiger partial charge on any atom is 0.252 e. The van der Waals surface area contributed by atoms with Crippen LogP contribution in [0.5, 0.6) is 0 Å². The van der Waals surface area contributed by atoms with Crippen molar-refractivity contribution >= 4 is 33.0 Å². The summed E-state index contributed by atoms with van der Waals surface area (Å²) in [7, 11) is 0. The van der Waals surface area contributed by atoms with E-state index in [1.165, 1.54) is 11.3 Å². The van der Waals surface area contributed by atoms with Gasteiger partial charge >= 0.3 is 0 Å². The quantitative estimate of drug-likeness (QED) is 0.461. The van der Waals surface area contributed by atoms with Crippen LogP contribution in [0.1, 0.15) is 28.7 Å². The number of fused-ring (bicyclic) bond motifs is 2. The number of hydrogen-bond acceptors (Lipinski definition) is 5. The third kappa shape index (κ3) is 3.33. The van der Waals surface area contributed by atoms with Crippen LogP contribution in [0.25, 0.3) is 26.3 Å². The fraction of sp³-hybridized carbons (Fsp3) is 0.130. The van der Waals surface area contributed by atoms with Crippen molar-refractivity contribution in [1.82, 2.24) is 25.1 Å². The van der Waals surface area contributed by atoms with E-state index in [4.69, 9.17) is 0 Å². The van der Waals surface area contributed by atoms with Gasteiger partial charge < -0.3 is 5.32 Å². The molecule has 0 saturated heterocycles. The molecule has 7 heteroatoms. The molecule has 0 saturated carbocycles. The summed E-state index contributed by atoms with van der Waals surface area (Å²) in [4.78, 5) is 13.5. The van der Waals surface area contributed by atoms with Gasteiger partial charge in [-0.1, -0.05) is 78.9 Å². The largest absolute Gasteiger partial charge is 0.348 e. The molecule has 30 heavy (non-hydrogen) atoms. The smallest absolute Gasteiger partial charge is 0.252 e. The molecule has 148 valence electrons. The molecule has 0 atom stereocenters. The second kappa shape index (κ2) is 7.68. The minimum absolute atomic E-state index is 0.0726. The summed E-state index contributed by atoms with van der Waals surface area (Å²) in [5.41, 5.74) is 2.75. The first kappa shape index (κ1) is 18.4. The monoisotopic (exact) mass is 413 g/mol. The maximum absolute atomic E-state index is 12.7. The van der Waals surface area contributed by atoms with Crippen LogP contribution in [0.2, 0.25) is 0 Å². The number of aryl methyl sites for hydroxylation is 1. The Morgan fingerprint density at radius 1 is 1.00 bits per heavy atom. The Kier molecular flexibility index (Phi) is 4.72. The number of nitrogens with zero attached hydrogens (tertiary/aromatic N) is 4. The van der Waals surface area contributed by atoms with Gasteiger partial charge in [0.2, 0.25) is 4.96 Å². The maximum atomic E-state index is 12.7. The first-order valence-electron chi connectivity index (χ1n) is 9.79. The third-order valence-corrected chi connectivity index (χ3v) is 6.01. The molecule has 2 heterocycles. The molecule has 0 fully saturated rings. The van der Waals surface area contributed by atoms with Gasteiger partial charge in [0.05, 0.1) is 0 Å². The highest BCUT2D eigenvalue weighted by molar-refractivity contribution is 7.19. The summed E-state index contributed by atoms with van der Waals surface area (Å²) in [6.07, 6.45) is 0.791. The Hall–Kier alpha value is -3.58. The van der Waals surface area contributed by atoms with Crippen molar-refractivity contribution in [3.8, 4) is 10.6 Å². The predicted octanol–water partition coefficient (Wildman–Crippen LogP) is 4.50. The molecule has 2 aromatic heterocycles. The van der Waals surface area contributed by atoms with Crippen molar-refractivity contribution in [3.05, 3.63) is 83.7 Å². The van der Waals surface area contributed by atoms with Crippen LogP contribution in [-0.4, -0.2) is 25.7 Å². The van der Waals surface area contributed by atoms with Crippen LogP contribution in [-0.2, 0) is 13.0 Å². The average molecular weight is 414 g/mol. The Morgan fingerprint density at radius 2 is 1.80 bits per heavy atom. The topological polar surface area (TPSA) is 72.2 Å². The summed E-state index contributed by atoms with van der Waals surface area (Å²) < 4.78 is 1.80. The van der Waals surface area contributed by atoms with Gasteiger partial charge in [-0.2, -0.15) is 9.61 Å². The van der Waals surface area contributed by atoms with Gasteiger partial charge in [0.1, 0.15) is 5.01 Å². The number of carbonyl (C=O) groups is 1. The highest BCUT2D eigenvalue weighted by Gasteiger charge is 2.12. The minimum atomic E-state index is -0.0726. The van der Waals surface area contributed by atoms with Crippen LogP contribution in [0, 0.1) is 0 Å². The van der Waals surface area contributed by atoms with Gasteiger partial charge in [-0.05, 0) is 22.4 Å². The molecular weight excluding hydrogens is 394 g/mol. The van der Waals surface area contributed by atoms with E-state index >= 15 is 0 Å². The van der Waals surface area contributed by atoms with E-state index in [0.717, 1.165) is 44.1 Å². The molecule has 0 aliphatic rings. The van der Waals surface area contributed by atoms with Crippen LogP contribution < -0.4 is 5.32 Å². The number of carbonyl (C=O) groups excluding carboxylic acids is 1. The van der Waals surface area contributed by atoms with Crippen molar-refractivity contribution < 1.29 is 4.79 Å². The summed E-state index contributed by atoms with van der Waals surface area (Å²) in [6, 6.07) is 21.8. The molecule has 0 aliphatic heterocycles. The van der Waals surface area contributed by atoms with Crippen molar-refractivity contribution in [2.45, 2.75) is 19.9 Å². The first-order valence-corrected chi connectivity index (χ1v) is 10.6. The molecule has 6 nitrogen and oxygen atoms in total. The lowest BCUT2D eigenvalue weighted by molar-refractivity contribution is 0.0952. The van der Waals surface area contributed by atoms with E-state index in [0.29, 0.717) is 12.1 Å². The Labute approximate surface area is 177 Å². The Bertz CT molecular complexity index is 1350. The molecule has 0 spiro atoms. The molecule has 0 unspecified atom stereocenters. The van der Waals surface area contributed by atoms with E-state index in [-0.39, 0.29) is 5.91 Å². The van der Waals surface area contributed by atoms with Crippen molar-refractivity contribution in [2.24, 2.45) is 0 Å². The molecule has 0 bridgehead atoms. The van der Waals surface area contributed by atoms with Crippen molar-refractivity contribution in [1.29, 1.82) is 0 Å². The van der Waals surface area contributed by atoms with Crippen LogP contribution in [0.3, 0.4) is 0 Å². The van der Waals surface area contributed by atoms with E-state index < -0.39 is 0 Å². The zero-order valence-corrected chi connectivity index (χ0v) is 17.2. The number of nitrogens with one attached hydrogen (secondary N) is 1. The highest BCUT2D eigenvalue weighted by atomic mass is 32.1. The van der Waals surface area contributed by atoms with Crippen LogP contribution in [0.4, 0.5) is 0 Å². The Morgan fingerprint density at radius 3 is 2.63 bits per heavy atom.